The lowest BCUT2D eigenvalue weighted by atomic mass is 10.1. The number of halogens is 1. The smallest absolute Gasteiger partial charge is 0.293 e. The van der Waals surface area contributed by atoms with Crippen LogP contribution in [0.25, 0.3) is 10.3 Å². The predicted octanol–water partition coefficient (Wildman–Crippen LogP) is 3.00. The van der Waals surface area contributed by atoms with E-state index in [2.05, 4.69) is 10.1 Å². The van der Waals surface area contributed by atoms with Gasteiger partial charge in [-0.2, -0.15) is 0 Å². The molecule has 1 amide bonds. The number of hydrogen-bond acceptors (Lipinski definition) is 6. The van der Waals surface area contributed by atoms with Crippen molar-refractivity contribution in [3.05, 3.63) is 20.4 Å². The summed E-state index contributed by atoms with van der Waals surface area (Å²) in [6, 6.07) is -3.85. The van der Waals surface area contributed by atoms with E-state index in [1.54, 1.807) is 0 Å². The van der Waals surface area contributed by atoms with Crippen LogP contribution in [0.1, 0.15) is 81.7 Å². The lowest BCUT2D eigenvalue weighted by Gasteiger charge is -2.26. The number of fused-ring (bicyclic) bond motifs is 1. The maximum Gasteiger partial charge on any atom is 0.293 e. The quantitative estimate of drug-likeness (QED) is 0.700. The minimum atomic E-state index is -3.85. The standard InChI is InChI=1S/C18H25ClN4O3S/c1-11(2)23-16(26)12(14(24)13-17(23)27-18(19)21-13)15(25)20-7-6-10-22-8-4-3-5-9-22/h11,24H,3-10H2,1-2H3,(H,20,25)/i1D3,2D3,3D2,4D2,5D2,7D,8D2,9D2,10D,11D/hD2. The molecule has 7 nitrogen and oxygen atoms in total. The van der Waals surface area contributed by atoms with Crippen LogP contribution in [-0.2, 0) is 0 Å². The number of nitrogens with one attached hydrogen (secondary N) is 1. The van der Waals surface area contributed by atoms with Crippen LogP contribution in [0.15, 0.2) is 4.79 Å². The summed E-state index contributed by atoms with van der Waals surface area (Å²) in [5.41, 5.74) is -4.19. The zero-order valence-electron chi connectivity index (χ0n) is 34.2. The third-order valence-electron chi connectivity index (χ3n) is 3.16. The zero-order chi connectivity index (χ0) is 37.8. The van der Waals surface area contributed by atoms with Crippen molar-refractivity contribution in [2.24, 2.45) is 0 Å². The van der Waals surface area contributed by atoms with Gasteiger partial charge in [0.15, 0.2) is 11.6 Å². The highest BCUT2D eigenvalue weighted by molar-refractivity contribution is 7.21. The average Bonchev–Trinajstić information content (AvgIpc) is 3.28. The van der Waals surface area contributed by atoms with Crippen molar-refractivity contribution >= 4 is 39.2 Å². The second-order valence-corrected chi connectivity index (χ2v) is 6.38. The number of aromatic nitrogens is 2. The zero-order valence-corrected chi connectivity index (χ0v) is 14.7. The molecule has 2 aromatic rings. The van der Waals surface area contributed by atoms with Gasteiger partial charge in [0, 0.05) is 37.2 Å². The Kier molecular flexibility index (Phi) is 2.04. The number of carbonyl (C=O) groups excluding carboxylic acids is 1. The molecule has 2 N–H and O–H groups in total. The summed E-state index contributed by atoms with van der Waals surface area (Å²) in [5, 5.41) is 3.95. The van der Waals surface area contributed by atoms with Gasteiger partial charge >= 0.3 is 0 Å². The van der Waals surface area contributed by atoms with E-state index >= 15 is 0 Å². The van der Waals surface area contributed by atoms with Crippen molar-refractivity contribution in [3.8, 4) is 5.75 Å². The van der Waals surface area contributed by atoms with Crippen LogP contribution < -0.4 is 10.9 Å². The van der Waals surface area contributed by atoms with Crippen molar-refractivity contribution < 1.29 is 37.4 Å². The lowest BCUT2D eigenvalue weighted by Crippen LogP contribution is -2.36. The molecule has 2 atom stereocenters. The number of piperidine rings is 1. The fourth-order valence-corrected chi connectivity index (χ4v) is 3.18. The Bertz CT molecular complexity index is 1610. The topological polar surface area (TPSA) is 87.5 Å². The molecule has 9 heteroatoms. The van der Waals surface area contributed by atoms with Gasteiger partial charge in [0.2, 0.25) is 0 Å². The number of carbonyl (C=O) groups is 1. The van der Waals surface area contributed by atoms with Gasteiger partial charge in [-0.25, -0.2) is 4.98 Å². The van der Waals surface area contributed by atoms with Crippen LogP contribution in [0.5, 0.6) is 5.75 Å². The van der Waals surface area contributed by atoms with Gasteiger partial charge in [0.25, 0.3) is 12.9 Å². The molecule has 0 radical (unpaired) electrons. The molecule has 1 fully saturated rings. The molecule has 1 aliphatic rings. The minimum Gasteiger partial charge on any atom is -0.505 e. The van der Waals surface area contributed by atoms with E-state index in [9.17, 15) is 9.59 Å². The summed E-state index contributed by atoms with van der Waals surface area (Å²) in [6.07, 6.45) is -12.8. The van der Waals surface area contributed by atoms with Crippen LogP contribution in [0.4, 0.5) is 0 Å². The second kappa shape index (κ2) is 8.58. The van der Waals surface area contributed by atoms with Crippen molar-refractivity contribution in [3.63, 3.8) is 0 Å². The van der Waals surface area contributed by atoms with E-state index < -0.39 is 114 Å². The van der Waals surface area contributed by atoms with E-state index in [4.69, 9.17) is 40.5 Å². The molecule has 3 heterocycles. The summed E-state index contributed by atoms with van der Waals surface area (Å²) in [5.74, 6) is -3.06. The molecular weight excluding hydrogens is 388 g/mol. The Morgan fingerprint density at radius 1 is 1.59 bits per heavy atom. The molecule has 1 saturated heterocycles. The first-order chi connectivity index (χ1) is 21.2. The number of thiazole rings is 1. The minimum absolute atomic E-state index is 0.156. The maximum atomic E-state index is 13.8. The van der Waals surface area contributed by atoms with E-state index in [0.29, 0.717) is 0 Å². The number of amides is 1. The summed E-state index contributed by atoms with van der Waals surface area (Å²) >= 11 is 6.18. The second-order valence-electron chi connectivity index (χ2n) is 4.82. The first-order valence-corrected chi connectivity index (χ1v) is 8.28. The van der Waals surface area contributed by atoms with Gasteiger partial charge in [-0.3, -0.25) is 14.2 Å². The highest BCUT2D eigenvalue weighted by atomic mass is 35.5. The Balaban J connectivity index is 2.19. The van der Waals surface area contributed by atoms with Gasteiger partial charge in [0.05, 0.1) is 1.37 Å². The van der Waals surface area contributed by atoms with Crippen LogP contribution in [0.2, 0.25) is 5.88 Å². The number of likely N-dealkylation sites (tertiary alicyclic amines) is 1. The largest absolute Gasteiger partial charge is 0.505 e. The highest BCUT2D eigenvalue weighted by Gasteiger charge is 2.25. The summed E-state index contributed by atoms with van der Waals surface area (Å²) in [4.78, 5) is 30.0. The average molecular weight is 434 g/mol. The monoisotopic (exact) mass is 433 g/mol. The van der Waals surface area contributed by atoms with Gasteiger partial charge in [-0.15, -0.1) is 0 Å². The Morgan fingerprint density at radius 2 is 2.37 bits per heavy atom. The van der Waals surface area contributed by atoms with E-state index in [-0.39, 0.29) is 20.8 Å². The molecule has 0 spiro atoms. The molecule has 2 unspecified atom stereocenters. The fraction of sp³-hybridized carbons (Fsp3) is 0.611. The van der Waals surface area contributed by atoms with E-state index in [1.165, 1.54) is 0 Å². The predicted molar refractivity (Wildman–Crippen MR) is 108 cm³/mol. The van der Waals surface area contributed by atoms with Crippen molar-refractivity contribution in [1.29, 1.82) is 1.43 Å². The summed E-state index contributed by atoms with van der Waals surface area (Å²) in [6.45, 7) is -20.2. The lowest BCUT2D eigenvalue weighted by molar-refractivity contribution is 0.0946. The van der Waals surface area contributed by atoms with Crippen LogP contribution in [-0.4, -0.2) is 52.9 Å². The van der Waals surface area contributed by atoms with Gasteiger partial charge in [0.1, 0.15) is 15.9 Å². The van der Waals surface area contributed by atoms with Gasteiger partial charge < -0.3 is 15.3 Å². The van der Waals surface area contributed by atoms with Crippen LogP contribution in [0.3, 0.4) is 0 Å². The molecule has 0 saturated carbocycles. The van der Waals surface area contributed by atoms with Crippen LogP contribution in [0, 0.1) is 0 Å². The first kappa shape index (κ1) is 6.43. The number of nitrogens with zero attached hydrogens (tertiary/aromatic N) is 3. The Morgan fingerprint density at radius 3 is 3.07 bits per heavy atom. The normalized spacial score (nSPS) is 39.8. The molecule has 3 rings (SSSR count). The van der Waals surface area contributed by atoms with Crippen molar-refractivity contribution in [2.75, 3.05) is 26.0 Å². The molecule has 0 bridgehead atoms. The molecule has 148 valence electrons. The number of hydrogen-bond donors (Lipinski definition) is 2. The molecule has 1 aliphatic heterocycles. The van der Waals surface area contributed by atoms with E-state index in [1.807, 2.05) is 0 Å². The van der Waals surface area contributed by atoms with Crippen LogP contribution >= 0.6 is 22.9 Å². The first-order valence-electron chi connectivity index (χ1n) is 17.6. The highest BCUT2D eigenvalue weighted by Crippen LogP contribution is 2.33. The molecular formula is C18H25ClN4O3S. The van der Waals surface area contributed by atoms with Gasteiger partial charge in [-0.1, -0.05) is 29.3 Å². The maximum absolute atomic E-state index is 13.8. The third-order valence-corrected chi connectivity index (χ3v) is 4.31. The number of rotatable bonds is 7. The molecule has 0 aromatic carbocycles. The molecule has 27 heavy (non-hydrogen) atoms. The Hall–Kier alpha value is -1.64. The SMILES string of the molecule is [2H]Oc1c(C(=O)N([2H])C([2H])CC([2H])N2C([2H])([2H])C([2H])([2H])C([2H])([2H])C([2H])([2H])C2([2H])[2H])c(=O)n(C([2H])(C([2H])([2H])[2H])C([2H])([2H])[2H])c2sc(Cl)nc12. The fourth-order valence-electron chi connectivity index (χ4n) is 2.08. The Labute approximate surface area is 196 Å². The summed E-state index contributed by atoms with van der Waals surface area (Å²) < 4.78 is 167. The van der Waals surface area contributed by atoms with Crippen molar-refractivity contribution in [1.82, 2.24) is 19.8 Å². The summed E-state index contributed by atoms with van der Waals surface area (Å²) in [7, 11) is 0. The molecule has 0 aliphatic carbocycles. The number of pyridine rings is 1. The van der Waals surface area contributed by atoms with E-state index in [0.717, 1.165) is 0 Å². The van der Waals surface area contributed by atoms with Crippen molar-refractivity contribution in [2.45, 2.75) is 45.3 Å². The number of aromatic hydroxyl groups is 1. The third kappa shape index (κ3) is 4.28. The molecule has 2 aromatic heterocycles. The van der Waals surface area contributed by atoms with Gasteiger partial charge in [-0.05, 0) is 52.4 Å².